The van der Waals surface area contributed by atoms with E-state index in [0.717, 1.165) is 33.5 Å². The van der Waals surface area contributed by atoms with E-state index >= 15 is 0 Å². The Bertz CT molecular complexity index is 666. The number of hydrogen-bond acceptors (Lipinski definition) is 3. The third-order valence-electron chi connectivity index (χ3n) is 2.74. The molecule has 2 N–H and O–H groups in total. The highest BCUT2D eigenvalue weighted by Crippen LogP contribution is 2.23. The fourth-order valence-corrected chi connectivity index (χ4v) is 2.88. The van der Waals surface area contributed by atoms with Gasteiger partial charge >= 0.3 is 5.97 Å². The van der Waals surface area contributed by atoms with Crippen LogP contribution in [-0.4, -0.2) is 17.0 Å². The van der Waals surface area contributed by atoms with E-state index < -0.39 is 5.97 Å². The minimum absolute atomic E-state index is 0.154. The zero-order valence-electron chi connectivity index (χ0n) is 10.6. The Labute approximate surface area is 128 Å². The lowest BCUT2D eigenvalue weighted by molar-refractivity contribution is 0.0702. The predicted molar refractivity (Wildman–Crippen MR) is 82.8 cm³/mol. The normalized spacial score (nSPS) is 10.3. The van der Waals surface area contributed by atoms with Crippen LogP contribution in [-0.2, 0) is 6.42 Å². The quantitative estimate of drug-likeness (QED) is 0.871. The molecule has 20 heavy (non-hydrogen) atoms. The summed E-state index contributed by atoms with van der Waals surface area (Å²) in [6.07, 6.45) is 0.792. The standard InChI is InChI=1S/C14H12BrNO3S/c1-2-8-7-9(15)3-4-10(8)16-13(17)11-5-6-12(20-11)14(18)19/h3-7H,2H2,1H3,(H,16,17)(H,18,19). The minimum Gasteiger partial charge on any atom is -0.477 e. The van der Waals surface area contributed by atoms with E-state index in [1.54, 1.807) is 0 Å². The van der Waals surface area contributed by atoms with Gasteiger partial charge in [0.1, 0.15) is 4.88 Å². The van der Waals surface area contributed by atoms with Crippen molar-refractivity contribution in [3.63, 3.8) is 0 Å². The lowest BCUT2D eigenvalue weighted by Gasteiger charge is -2.09. The molecule has 0 atom stereocenters. The number of carboxylic acid groups (broad SMARTS) is 1. The van der Waals surface area contributed by atoms with Gasteiger partial charge in [0.2, 0.25) is 0 Å². The Morgan fingerprint density at radius 1 is 1.25 bits per heavy atom. The van der Waals surface area contributed by atoms with Crippen LogP contribution in [0.3, 0.4) is 0 Å². The van der Waals surface area contributed by atoms with E-state index in [0.29, 0.717) is 4.88 Å². The first-order chi connectivity index (χ1) is 9.51. The fourth-order valence-electron chi connectivity index (χ4n) is 1.74. The Balaban J connectivity index is 2.20. The van der Waals surface area contributed by atoms with Crippen molar-refractivity contribution in [1.29, 1.82) is 0 Å². The molecule has 6 heteroatoms. The molecular formula is C14H12BrNO3S. The molecule has 0 bridgehead atoms. The number of rotatable bonds is 4. The largest absolute Gasteiger partial charge is 0.477 e. The molecule has 1 aromatic carbocycles. The van der Waals surface area contributed by atoms with Crippen molar-refractivity contribution >= 4 is 44.8 Å². The van der Waals surface area contributed by atoms with Crippen LogP contribution in [0.5, 0.6) is 0 Å². The second-order valence-electron chi connectivity index (χ2n) is 4.08. The maximum Gasteiger partial charge on any atom is 0.345 e. The summed E-state index contributed by atoms with van der Waals surface area (Å²) in [6, 6.07) is 8.59. The van der Waals surface area contributed by atoms with Crippen molar-refractivity contribution in [2.24, 2.45) is 0 Å². The summed E-state index contributed by atoms with van der Waals surface area (Å²) in [7, 11) is 0. The number of carbonyl (C=O) groups is 2. The average molecular weight is 354 g/mol. The molecule has 2 aromatic rings. The van der Waals surface area contributed by atoms with Gasteiger partial charge in [-0.2, -0.15) is 0 Å². The van der Waals surface area contributed by atoms with Gasteiger partial charge in [0.25, 0.3) is 5.91 Å². The van der Waals surface area contributed by atoms with Crippen LogP contribution in [0.2, 0.25) is 0 Å². The van der Waals surface area contributed by atoms with Gasteiger partial charge in [0, 0.05) is 10.2 Å². The molecule has 0 saturated heterocycles. The van der Waals surface area contributed by atoms with Crippen molar-refractivity contribution in [2.75, 3.05) is 5.32 Å². The maximum atomic E-state index is 12.1. The number of hydrogen-bond donors (Lipinski definition) is 2. The maximum absolute atomic E-state index is 12.1. The molecule has 1 heterocycles. The lowest BCUT2D eigenvalue weighted by Crippen LogP contribution is -2.11. The van der Waals surface area contributed by atoms with Crippen molar-refractivity contribution in [2.45, 2.75) is 13.3 Å². The Kier molecular flexibility index (Phi) is 4.57. The van der Waals surface area contributed by atoms with Crippen LogP contribution < -0.4 is 5.32 Å². The summed E-state index contributed by atoms with van der Waals surface area (Å²) in [5, 5.41) is 11.7. The molecule has 0 aliphatic rings. The molecule has 0 spiro atoms. The number of aryl methyl sites for hydroxylation is 1. The van der Waals surface area contributed by atoms with Gasteiger partial charge in [-0.1, -0.05) is 22.9 Å². The Morgan fingerprint density at radius 2 is 1.95 bits per heavy atom. The van der Waals surface area contributed by atoms with Gasteiger partial charge < -0.3 is 10.4 Å². The highest BCUT2D eigenvalue weighted by molar-refractivity contribution is 9.10. The van der Waals surface area contributed by atoms with E-state index in [1.165, 1.54) is 12.1 Å². The number of benzene rings is 1. The van der Waals surface area contributed by atoms with E-state index in [-0.39, 0.29) is 10.8 Å². The second-order valence-corrected chi connectivity index (χ2v) is 6.08. The first kappa shape index (κ1) is 14.7. The predicted octanol–water partition coefficient (Wildman–Crippen LogP) is 4.02. The van der Waals surface area contributed by atoms with Crippen molar-refractivity contribution in [3.8, 4) is 0 Å². The minimum atomic E-state index is -1.02. The SMILES string of the molecule is CCc1cc(Br)ccc1NC(=O)c1ccc(C(=O)O)s1. The second kappa shape index (κ2) is 6.19. The molecule has 0 fully saturated rings. The van der Waals surface area contributed by atoms with E-state index in [2.05, 4.69) is 21.2 Å². The number of carbonyl (C=O) groups excluding carboxylic acids is 1. The third kappa shape index (κ3) is 3.26. The molecule has 0 unspecified atom stereocenters. The molecule has 104 valence electrons. The summed E-state index contributed by atoms with van der Waals surface area (Å²) < 4.78 is 0.955. The molecule has 0 radical (unpaired) electrons. The van der Waals surface area contributed by atoms with Gasteiger partial charge in [-0.05, 0) is 42.3 Å². The van der Waals surface area contributed by atoms with Crippen LogP contribution in [0.15, 0.2) is 34.8 Å². The lowest BCUT2D eigenvalue weighted by atomic mass is 10.1. The number of nitrogens with one attached hydrogen (secondary N) is 1. The van der Waals surface area contributed by atoms with E-state index in [9.17, 15) is 9.59 Å². The fraction of sp³-hybridized carbons (Fsp3) is 0.143. The Morgan fingerprint density at radius 3 is 2.55 bits per heavy atom. The number of aromatic carboxylic acids is 1. The van der Waals surface area contributed by atoms with Gasteiger partial charge in [-0.25, -0.2) is 4.79 Å². The topological polar surface area (TPSA) is 66.4 Å². The summed E-state index contributed by atoms with van der Waals surface area (Å²) >= 11 is 4.36. The zero-order chi connectivity index (χ0) is 14.7. The first-order valence-electron chi connectivity index (χ1n) is 5.94. The third-order valence-corrected chi connectivity index (χ3v) is 4.30. The molecule has 4 nitrogen and oxygen atoms in total. The highest BCUT2D eigenvalue weighted by atomic mass is 79.9. The van der Waals surface area contributed by atoms with Gasteiger partial charge in [-0.15, -0.1) is 11.3 Å². The van der Waals surface area contributed by atoms with Gasteiger partial charge in [0.05, 0.1) is 4.88 Å². The number of halogens is 1. The monoisotopic (exact) mass is 353 g/mol. The van der Waals surface area contributed by atoms with E-state index in [1.807, 2.05) is 25.1 Å². The molecular weight excluding hydrogens is 342 g/mol. The summed E-state index contributed by atoms with van der Waals surface area (Å²) in [6.45, 7) is 2.01. The Hall–Kier alpha value is -1.66. The van der Waals surface area contributed by atoms with Crippen molar-refractivity contribution in [3.05, 3.63) is 50.1 Å². The van der Waals surface area contributed by atoms with Crippen molar-refractivity contribution in [1.82, 2.24) is 0 Å². The molecule has 0 saturated carbocycles. The van der Waals surface area contributed by atoms with E-state index in [4.69, 9.17) is 5.11 Å². The molecule has 0 aliphatic carbocycles. The number of anilines is 1. The zero-order valence-corrected chi connectivity index (χ0v) is 13.0. The highest BCUT2D eigenvalue weighted by Gasteiger charge is 2.14. The number of thiophene rings is 1. The number of carboxylic acids is 1. The summed E-state index contributed by atoms with van der Waals surface area (Å²) in [5.41, 5.74) is 1.76. The average Bonchev–Trinajstić information content (AvgIpc) is 2.90. The van der Waals surface area contributed by atoms with Crippen LogP contribution in [0.25, 0.3) is 0 Å². The summed E-state index contributed by atoms with van der Waals surface area (Å²) in [4.78, 5) is 23.4. The molecule has 2 rings (SSSR count). The first-order valence-corrected chi connectivity index (χ1v) is 7.55. The molecule has 0 aliphatic heterocycles. The summed E-state index contributed by atoms with van der Waals surface area (Å²) in [5.74, 6) is -1.31. The van der Waals surface area contributed by atoms with Gasteiger partial charge in [-0.3, -0.25) is 4.79 Å². The van der Waals surface area contributed by atoms with Crippen LogP contribution in [0, 0.1) is 0 Å². The number of amides is 1. The molecule has 1 amide bonds. The van der Waals surface area contributed by atoms with Crippen molar-refractivity contribution < 1.29 is 14.7 Å². The van der Waals surface area contributed by atoms with Crippen LogP contribution >= 0.6 is 27.3 Å². The molecule has 1 aromatic heterocycles. The van der Waals surface area contributed by atoms with Crippen LogP contribution in [0.4, 0.5) is 5.69 Å². The van der Waals surface area contributed by atoms with Crippen LogP contribution in [0.1, 0.15) is 31.8 Å². The smallest absolute Gasteiger partial charge is 0.345 e. The van der Waals surface area contributed by atoms with Gasteiger partial charge in [0.15, 0.2) is 0 Å².